The third-order valence-corrected chi connectivity index (χ3v) is 11.1. The fourth-order valence-corrected chi connectivity index (χ4v) is 7.33. The van der Waals surface area contributed by atoms with Crippen LogP contribution in [0.25, 0.3) is 0 Å². The van der Waals surface area contributed by atoms with Crippen LogP contribution in [-0.4, -0.2) is 13.2 Å². The molecule has 0 aliphatic heterocycles. The topological polar surface area (TPSA) is 18.5 Å². The molecule has 0 fully saturated rings. The van der Waals surface area contributed by atoms with Crippen molar-refractivity contribution < 1.29 is 9.47 Å². The van der Waals surface area contributed by atoms with Crippen LogP contribution >= 0.6 is 0 Å². The summed E-state index contributed by atoms with van der Waals surface area (Å²) in [6.07, 6.45) is 22.1. The van der Waals surface area contributed by atoms with Crippen molar-refractivity contribution in [2.75, 3.05) is 13.2 Å². The van der Waals surface area contributed by atoms with Crippen molar-refractivity contribution in [1.29, 1.82) is 0 Å². The number of ether oxygens (including phenoxy) is 2. The van der Waals surface area contributed by atoms with Gasteiger partial charge in [-0.2, -0.15) is 0 Å². The molecule has 6 rings (SSSR count). The molecule has 2 nitrogen and oxygen atoms in total. The van der Waals surface area contributed by atoms with E-state index >= 15 is 0 Å². The molecule has 0 saturated heterocycles. The predicted molar refractivity (Wildman–Crippen MR) is 242 cm³/mol. The van der Waals surface area contributed by atoms with Crippen molar-refractivity contribution in [3.63, 3.8) is 0 Å². The summed E-state index contributed by atoms with van der Waals surface area (Å²) in [5.74, 6) is 16.5. The average molecular weight is 759 g/mol. The molecule has 4 aromatic rings. The van der Waals surface area contributed by atoms with E-state index in [2.05, 4.69) is 136 Å². The van der Waals surface area contributed by atoms with Gasteiger partial charge < -0.3 is 9.47 Å². The average Bonchev–Trinajstić information content (AvgIpc) is 3.26. The normalized spacial score (nSPS) is 16.0. The van der Waals surface area contributed by atoms with E-state index in [1.54, 1.807) is 0 Å². The highest BCUT2D eigenvalue weighted by Gasteiger charge is 2.17. The standard InChI is InChI=1S/C28H34O.C27H32O/c1-3-5-7-23-10-16-26(17-11-23)27-18-12-24(13-19-27)8-9-25-14-20-28(21-15-25)29-22-6-4-2;1-3-5-21-28-27-19-13-24(14-20-27)8-7-23-11-17-26(18-12-23)25-15-9-22(6-4-2)10-16-25/h10-12,14-17,20-21,27H,3-7,13,18-19,22H2,1-2H3;9-11,13-16,19-20,26H,3-6,12,17-18,21H2,1-2H3. The van der Waals surface area contributed by atoms with Crippen molar-refractivity contribution in [3.05, 3.63) is 154 Å². The van der Waals surface area contributed by atoms with Crippen LogP contribution in [0.1, 0.15) is 156 Å². The van der Waals surface area contributed by atoms with Gasteiger partial charge in [0.25, 0.3) is 0 Å². The molecule has 4 aromatic carbocycles. The smallest absolute Gasteiger partial charge is 0.119 e. The molecule has 2 heteroatoms. The Kier molecular flexibility index (Phi) is 18.7. The van der Waals surface area contributed by atoms with Crippen LogP contribution < -0.4 is 9.47 Å². The Balaban J connectivity index is 0.000000218. The molecule has 0 bridgehead atoms. The third-order valence-electron chi connectivity index (χ3n) is 11.1. The molecule has 0 saturated carbocycles. The van der Waals surface area contributed by atoms with Crippen molar-refractivity contribution in [3.8, 4) is 35.2 Å². The van der Waals surface area contributed by atoms with Crippen LogP contribution in [0.4, 0.5) is 0 Å². The first-order valence-electron chi connectivity index (χ1n) is 22.1. The molecule has 298 valence electrons. The lowest BCUT2D eigenvalue weighted by atomic mass is 9.84. The summed E-state index contributed by atoms with van der Waals surface area (Å²) >= 11 is 0. The van der Waals surface area contributed by atoms with Gasteiger partial charge in [0.2, 0.25) is 0 Å². The zero-order valence-corrected chi connectivity index (χ0v) is 35.4. The van der Waals surface area contributed by atoms with Crippen molar-refractivity contribution in [1.82, 2.24) is 0 Å². The van der Waals surface area contributed by atoms with Gasteiger partial charge in [-0.3, -0.25) is 0 Å². The van der Waals surface area contributed by atoms with E-state index in [0.717, 1.165) is 87.2 Å². The molecule has 0 radical (unpaired) electrons. The first-order chi connectivity index (χ1) is 28.1. The summed E-state index contributed by atoms with van der Waals surface area (Å²) in [5.41, 5.74) is 10.5. The molecule has 2 atom stereocenters. The molecular formula is C55H66O2. The molecule has 0 aromatic heterocycles. The number of rotatable bonds is 15. The van der Waals surface area contributed by atoms with E-state index in [1.807, 2.05) is 24.3 Å². The van der Waals surface area contributed by atoms with Gasteiger partial charge in [0.1, 0.15) is 11.5 Å². The lowest BCUT2D eigenvalue weighted by Gasteiger charge is -2.20. The number of allylic oxidation sites excluding steroid dienone is 4. The van der Waals surface area contributed by atoms with Crippen LogP contribution in [0.3, 0.4) is 0 Å². The summed E-state index contributed by atoms with van der Waals surface area (Å²) in [5, 5.41) is 0. The van der Waals surface area contributed by atoms with Crippen LogP contribution in [-0.2, 0) is 12.8 Å². The lowest BCUT2D eigenvalue weighted by Crippen LogP contribution is -2.04. The van der Waals surface area contributed by atoms with Crippen LogP contribution in [0.15, 0.2) is 120 Å². The van der Waals surface area contributed by atoms with Crippen LogP contribution in [0.2, 0.25) is 0 Å². The zero-order chi connectivity index (χ0) is 39.9. The second-order valence-electron chi connectivity index (χ2n) is 15.7. The molecule has 57 heavy (non-hydrogen) atoms. The fourth-order valence-electron chi connectivity index (χ4n) is 7.33. The Morgan fingerprint density at radius 2 is 0.877 bits per heavy atom. The van der Waals surface area contributed by atoms with Gasteiger partial charge in [-0.25, -0.2) is 0 Å². The Hall–Kier alpha value is -4.92. The summed E-state index contributed by atoms with van der Waals surface area (Å²) in [6.45, 7) is 10.4. The van der Waals surface area contributed by atoms with Crippen LogP contribution in [0.5, 0.6) is 11.5 Å². The highest BCUT2D eigenvalue weighted by Crippen LogP contribution is 2.33. The highest BCUT2D eigenvalue weighted by molar-refractivity contribution is 5.45. The monoisotopic (exact) mass is 759 g/mol. The van der Waals surface area contributed by atoms with Gasteiger partial charge in [0.05, 0.1) is 13.2 Å². The minimum atomic E-state index is 0.639. The molecule has 2 aliphatic rings. The molecular weight excluding hydrogens is 693 g/mol. The third kappa shape index (κ3) is 15.2. The quantitative estimate of drug-likeness (QED) is 0.0888. The minimum Gasteiger partial charge on any atom is -0.494 e. The first-order valence-corrected chi connectivity index (χ1v) is 22.1. The number of unbranched alkanes of at least 4 members (excludes halogenated alkanes) is 3. The van der Waals surface area contributed by atoms with Crippen molar-refractivity contribution in [2.24, 2.45) is 0 Å². The maximum Gasteiger partial charge on any atom is 0.119 e. The van der Waals surface area contributed by atoms with E-state index in [-0.39, 0.29) is 0 Å². The van der Waals surface area contributed by atoms with Gasteiger partial charge in [0, 0.05) is 11.1 Å². The molecule has 0 N–H and O–H groups in total. The molecule has 0 spiro atoms. The summed E-state index contributed by atoms with van der Waals surface area (Å²) in [7, 11) is 0. The maximum absolute atomic E-state index is 5.72. The summed E-state index contributed by atoms with van der Waals surface area (Å²) < 4.78 is 11.4. The second kappa shape index (κ2) is 24.7. The number of hydrogen-bond acceptors (Lipinski definition) is 2. The van der Waals surface area contributed by atoms with Crippen molar-refractivity contribution in [2.45, 2.75) is 136 Å². The van der Waals surface area contributed by atoms with E-state index in [9.17, 15) is 0 Å². The summed E-state index contributed by atoms with van der Waals surface area (Å²) in [4.78, 5) is 0. The van der Waals surface area contributed by atoms with E-state index in [4.69, 9.17) is 9.47 Å². The molecule has 0 heterocycles. The number of aryl methyl sites for hydroxylation is 2. The Morgan fingerprint density at radius 3 is 1.25 bits per heavy atom. The second-order valence-corrected chi connectivity index (χ2v) is 15.7. The highest BCUT2D eigenvalue weighted by atomic mass is 16.5. The van der Waals surface area contributed by atoms with E-state index in [1.165, 1.54) is 78.3 Å². The Morgan fingerprint density at radius 1 is 0.456 bits per heavy atom. The van der Waals surface area contributed by atoms with Gasteiger partial charge in [-0.05, 0) is 164 Å². The molecule has 0 amide bonds. The zero-order valence-electron chi connectivity index (χ0n) is 35.4. The maximum atomic E-state index is 5.72. The van der Waals surface area contributed by atoms with Crippen molar-refractivity contribution >= 4 is 0 Å². The van der Waals surface area contributed by atoms with Crippen LogP contribution in [0, 0.1) is 23.7 Å². The van der Waals surface area contributed by atoms with Gasteiger partial charge in [-0.15, -0.1) is 0 Å². The number of benzene rings is 4. The molecule has 2 aliphatic carbocycles. The lowest BCUT2D eigenvalue weighted by molar-refractivity contribution is 0.309. The van der Waals surface area contributed by atoms with E-state index in [0.29, 0.717) is 11.8 Å². The fraction of sp³-hybridized carbons (Fsp3) is 0.418. The first kappa shape index (κ1) is 43.2. The van der Waals surface area contributed by atoms with Gasteiger partial charge >= 0.3 is 0 Å². The number of hydrogen-bond donors (Lipinski definition) is 0. The Labute approximate surface area is 346 Å². The Bertz CT molecular complexity index is 1940. The predicted octanol–water partition coefficient (Wildman–Crippen LogP) is 14.5. The summed E-state index contributed by atoms with van der Waals surface area (Å²) in [6, 6.07) is 34.9. The van der Waals surface area contributed by atoms with E-state index < -0.39 is 0 Å². The van der Waals surface area contributed by atoms with Gasteiger partial charge in [0.15, 0.2) is 0 Å². The SMILES string of the molecule is CCCCOc1ccc(C#CC2=CCC(c3ccc(CCC)cc3)CC2)cc1.CCCCOc1ccc(C#CC2=CCC(c3ccc(CCCC)cc3)CC2)cc1. The largest absolute Gasteiger partial charge is 0.494 e. The van der Waals surface area contributed by atoms with Gasteiger partial charge in [-0.1, -0.05) is 138 Å². The molecule has 2 unspecified atom stereocenters. The minimum absolute atomic E-state index is 0.639.